The summed E-state index contributed by atoms with van der Waals surface area (Å²) in [5, 5.41) is 0. The molecule has 2 aromatic rings. The van der Waals surface area contributed by atoms with Crippen LogP contribution in [0.15, 0.2) is 48.5 Å². The molecule has 0 spiro atoms. The Balaban J connectivity index is 1.72. The molecule has 93 valence electrons. The molecule has 0 atom stereocenters. The van der Waals surface area contributed by atoms with Gasteiger partial charge in [-0.15, -0.1) is 0 Å². The van der Waals surface area contributed by atoms with E-state index in [1.165, 1.54) is 0 Å². The molecule has 0 N–H and O–H groups in total. The van der Waals surface area contributed by atoms with Crippen molar-refractivity contribution in [1.82, 2.24) is 0 Å². The molecule has 0 bridgehead atoms. The molecule has 0 saturated carbocycles. The summed E-state index contributed by atoms with van der Waals surface area (Å²) >= 11 is 0. The van der Waals surface area contributed by atoms with E-state index in [2.05, 4.69) is 6.07 Å². The monoisotopic (exact) mass is 243 g/mol. The maximum atomic E-state index is 5.53. The van der Waals surface area contributed by atoms with Crippen LogP contribution in [0.3, 0.4) is 0 Å². The topological polar surface area (TPSA) is 27.7 Å². The van der Waals surface area contributed by atoms with Crippen molar-refractivity contribution in [3.63, 3.8) is 0 Å². The molecule has 0 fully saturated rings. The van der Waals surface area contributed by atoms with Crippen LogP contribution in [0.2, 0.25) is 0 Å². The molecule has 1 radical (unpaired) electrons. The minimum Gasteiger partial charge on any atom is -0.497 e. The minimum absolute atomic E-state index is 0.493. The quantitative estimate of drug-likeness (QED) is 0.730. The highest BCUT2D eigenvalue weighted by molar-refractivity contribution is 5.31. The summed E-state index contributed by atoms with van der Waals surface area (Å²) in [6.45, 7) is 0.988. The lowest BCUT2D eigenvalue weighted by Crippen LogP contribution is -2.08. The fraction of sp³-hybridized carbons (Fsp3) is 0.200. The molecule has 0 aliphatic carbocycles. The van der Waals surface area contributed by atoms with Gasteiger partial charge in [0, 0.05) is 6.07 Å². The second-order valence-corrected chi connectivity index (χ2v) is 3.60. The third-order valence-corrected chi connectivity index (χ3v) is 2.35. The van der Waals surface area contributed by atoms with Gasteiger partial charge >= 0.3 is 0 Å². The van der Waals surface area contributed by atoms with Gasteiger partial charge in [0.25, 0.3) is 0 Å². The molecule has 0 amide bonds. The predicted molar refractivity (Wildman–Crippen MR) is 69.3 cm³/mol. The molecule has 0 heterocycles. The van der Waals surface area contributed by atoms with Gasteiger partial charge in [0.2, 0.25) is 0 Å². The van der Waals surface area contributed by atoms with Crippen molar-refractivity contribution in [2.24, 2.45) is 0 Å². The summed E-state index contributed by atoms with van der Waals surface area (Å²) in [4.78, 5) is 0. The first-order valence-electron chi connectivity index (χ1n) is 5.75. The fourth-order valence-corrected chi connectivity index (χ4v) is 1.45. The van der Waals surface area contributed by atoms with Crippen LogP contribution in [-0.2, 0) is 0 Å². The van der Waals surface area contributed by atoms with E-state index in [-0.39, 0.29) is 0 Å². The van der Waals surface area contributed by atoms with Crippen molar-refractivity contribution in [2.45, 2.75) is 0 Å². The highest BCUT2D eigenvalue weighted by atomic mass is 16.5. The summed E-state index contributed by atoms with van der Waals surface area (Å²) in [5.41, 5.74) is 0. The van der Waals surface area contributed by atoms with Crippen LogP contribution in [0.5, 0.6) is 17.2 Å². The van der Waals surface area contributed by atoms with Gasteiger partial charge in [-0.05, 0) is 30.3 Å². The molecular weight excluding hydrogens is 228 g/mol. The van der Waals surface area contributed by atoms with Gasteiger partial charge in [-0.2, -0.15) is 0 Å². The molecule has 0 aliphatic rings. The number of methoxy groups -OCH3 is 1. The number of hydrogen-bond donors (Lipinski definition) is 0. The van der Waals surface area contributed by atoms with Gasteiger partial charge in [0.1, 0.15) is 30.5 Å². The van der Waals surface area contributed by atoms with Crippen LogP contribution in [0, 0.1) is 6.07 Å². The van der Waals surface area contributed by atoms with Gasteiger partial charge in [0.05, 0.1) is 7.11 Å². The number of hydrogen-bond acceptors (Lipinski definition) is 3. The smallest absolute Gasteiger partial charge is 0.127 e. The Labute approximate surface area is 107 Å². The number of ether oxygens (including phenoxy) is 3. The summed E-state index contributed by atoms with van der Waals surface area (Å²) in [5.74, 6) is 2.35. The predicted octanol–water partition coefficient (Wildman–Crippen LogP) is 2.95. The van der Waals surface area contributed by atoms with Gasteiger partial charge in [-0.1, -0.05) is 18.2 Å². The molecule has 3 heteroatoms. The fourth-order valence-electron chi connectivity index (χ4n) is 1.45. The van der Waals surface area contributed by atoms with Crippen LogP contribution in [0.4, 0.5) is 0 Å². The SMILES string of the molecule is COc1ccc(OCCOc2[c]cccc2)cc1. The van der Waals surface area contributed by atoms with E-state index in [1.54, 1.807) is 7.11 Å². The van der Waals surface area contributed by atoms with Crippen LogP contribution < -0.4 is 14.2 Å². The Kier molecular flexibility index (Phi) is 4.47. The van der Waals surface area contributed by atoms with E-state index in [0.717, 1.165) is 17.2 Å². The molecule has 0 unspecified atom stereocenters. The van der Waals surface area contributed by atoms with E-state index in [1.807, 2.05) is 48.5 Å². The largest absolute Gasteiger partial charge is 0.497 e. The molecule has 0 aromatic heterocycles. The van der Waals surface area contributed by atoms with E-state index >= 15 is 0 Å². The van der Waals surface area contributed by atoms with Gasteiger partial charge in [-0.25, -0.2) is 0 Å². The van der Waals surface area contributed by atoms with Crippen molar-refractivity contribution in [2.75, 3.05) is 20.3 Å². The minimum atomic E-state index is 0.493. The van der Waals surface area contributed by atoms with Crippen molar-refractivity contribution < 1.29 is 14.2 Å². The van der Waals surface area contributed by atoms with Crippen molar-refractivity contribution in [3.8, 4) is 17.2 Å². The van der Waals surface area contributed by atoms with Crippen molar-refractivity contribution in [3.05, 3.63) is 54.6 Å². The van der Waals surface area contributed by atoms with E-state index in [0.29, 0.717) is 13.2 Å². The van der Waals surface area contributed by atoms with Gasteiger partial charge in [0.15, 0.2) is 0 Å². The molecule has 2 aromatic carbocycles. The average molecular weight is 243 g/mol. The van der Waals surface area contributed by atoms with Crippen LogP contribution in [0.25, 0.3) is 0 Å². The zero-order chi connectivity index (χ0) is 12.6. The zero-order valence-electron chi connectivity index (χ0n) is 10.3. The number of rotatable bonds is 6. The lowest BCUT2D eigenvalue weighted by molar-refractivity contribution is 0.216. The standard InChI is InChI=1S/C15H15O3/c1-16-13-7-9-15(10-8-13)18-12-11-17-14-5-3-2-4-6-14/h2-5,7-10H,11-12H2,1H3. The highest BCUT2D eigenvalue weighted by Gasteiger charge is 1.96. The van der Waals surface area contributed by atoms with Crippen molar-refractivity contribution >= 4 is 0 Å². The Morgan fingerprint density at radius 3 is 2.28 bits per heavy atom. The number of para-hydroxylation sites is 1. The highest BCUT2D eigenvalue weighted by Crippen LogP contribution is 2.16. The molecular formula is C15H15O3. The lowest BCUT2D eigenvalue weighted by Gasteiger charge is -2.08. The third kappa shape index (κ3) is 3.70. The Morgan fingerprint density at radius 1 is 0.889 bits per heavy atom. The summed E-state index contributed by atoms with van der Waals surface area (Å²) in [6.07, 6.45) is 0. The van der Waals surface area contributed by atoms with Crippen LogP contribution in [0.1, 0.15) is 0 Å². The molecule has 18 heavy (non-hydrogen) atoms. The van der Waals surface area contributed by atoms with Gasteiger partial charge < -0.3 is 14.2 Å². The van der Waals surface area contributed by atoms with Crippen LogP contribution >= 0.6 is 0 Å². The average Bonchev–Trinajstić information content (AvgIpc) is 2.45. The molecule has 0 saturated heterocycles. The Morgan fingerprint density at radius 2 is 1.61 bits per heavy atom. The molecule has 2 rings (SSSR count). The maximum Gasteiger partial charge on any atom is 0.127 e. The zero-order valence-corrected chi connectivity index (χ0v) is 10.3. The van der Waals surface area contributed by atoms with Crippen LogP contribution in [-0.4, -0.2) is 20.3 Å². The summed E-state index contributed by atoms with van der Waals surface area (Å²) in [6, 6.07) is 18.0. The van der Waals surface area contributed by atoms with E-state index in [4.69, 9.17) is 14.2 Å². The Hall–Kier alpha value is -2.16. The first kappa shape index (κ1) is 12.3. The Bertz CT molecular complexity index is 451. The first-order valence-corrected chi connectivity index (χ1v) is 5.75. The second kappa shape index (κ2) is 6.55. The van der Waals surface area contributed by atoms with E-state index in [9.17, 15) is 0 Å². The second-order valence-electron chi connectivity index (χ2n) is 3.60. The lowest BCUT2D eigenvalue weighted by atomic mass is 10.3. The first-order chi connectivity index (χ1) is 8.88. The summed E-state index contributed by atoms with van der Waals surface area (Å²) < 4.78 is 16.1. The van der Waals surface area contributed by atoms with E-state index < -0.39 is 0 Å². The number of benzene rings is 2. The normalized spacial score (nSPS) is 9.83. The molecule has 3 nitrogen and oxygen atoms in total. The summed E-state index contributed by atoms with van der Waals surface area (Å²) in [7, 11) is 1.64. The third-order valence-electron chi connectivity index (χ3n) is 2.35. The van der Waals surface area contributed by atoms with Crippen molar-refractivity contribution in [1.29, 1.82) is 0 Å². The molecule has 0 aliphatic heterocycles. The maximum absolute atomic E-state index is 5.53. The van der Waals surface area contributed by atoms with Gasteiger partial charge in [-0.3, -0.25) is 0 Å².